The molecule has 1 heterocycles. The first-order valence-corrected chi connectivity index (χ1v) is 8.60. The summed E-state index contributed by atoms with van der Waals surface area (Å²) in [5.41, 5.74) is 0.136. The summed E-state index contributed by atoms with van der Waals surface area (Å²) in [4.78, 5) is 12.2. The van der Waals surface area contributed by atoms with Crippen molar-refractivity contribution in [2.75, 3.05) is 33.4 Å². The van der Waals surface area contributed by atoms with E-state index in [0.29, 0.717) is 12.3 Å². The average Bonchev–Trinajstić information content (AvgIpc) is 2.49. The highest BCUT2D eigenvalue weighted by atomic mass is 16.5. The Hall–Kier alpha value is -0.610. The molecule has 0 radical (unpaired) electrons. The SMILES string of the molecule is COCC1(CNC(=O)CC2CCC(C)CC2)CCNCC1. The van der Waals surface area contributed by atoms with Gasteiger partial charge in [0.05, 0.1) is 6.61 Å². The minimum atomic E-state index is 0.136. The van der Waals surface area contributed by atoms with Crippen LogP contribution in [0.1, 0.15) is 51.9 Å². The van der Waals surface area contributed by atoms with Crippen LogP contribution >= 0.6 is 0 Å². The fraction of sp³-hybridized carbons (Fsp3) is 0.941. The topological polar surface area (TPSA) is 50.4 Å². The number of ether oxygens (including phenoxy) is 1. The highest BCUT2D eigenvalue weighted by Gasteiger charge is 2.32. The van der Waals surface area contributed by atoms with Crippen LogP contribution in [-0.2, 0) is 9.53 Å². The molecule has 122 valence electrons. The van der Waals surface area contributed by atoms with Crippen LogP contribution in [0.5, 0.6) is 0 Å². The van der Waals surface area contributed by atoms with Crippen molar-refractivity contribution in [1.82, 2.24) is 10.6 Å². The van der Waals surface area contributed by atoms with E-state index in [4.69, 9.17) is 4.74 Å². The lowest BCUT2D eigenvalue weighted by Gasteiger charge is -2.37. The normalized spacial score (nSPS) is 29.0. The van der Waals surface area contributed by atoms with Crippen molar-refractivity contribution in [2.45, 2.75) is 51.9 Å². The second-order valence-electron chi connectivity index (χ2n) is 7.29. The number of hydrogen-bond donors (Lipinski definition) is 2. The van der Waals surface area contributed by atoms with Gasteiger partial charge in [0.25, 0.3) is 0 Å². The van der Waals surface area contributed by atoms with Crippen LogP contribution in [0.4, 0.5) is 0 Å². The van der Waals surface area contributed by atoms with Gasteiger partial charge in [-0.2, -0.15) is 0 Å². The molecule has 1 aliphatic heterocycles. The van der Waals surface area contributed by atoms with E-state index >= 15 is 0 Å². The van der Waals surface area contributed by atoms with Crippen molar-refractivity contribution < 1.29 is 9.53 Å². The minimum Gasteiger partial charge on any atom is -0.384 e. The maximum absolute atomic E-state index is 12.2. The van der Waals surface area contributed by atoms with Crippen molar-refractivity contribution in [3.05, 3.63) is 0 Å². The molecule has 1 saturated carbocycles. The number of hydrogen-bond acceptors (Lipinski definition) is 3. The van der Waals surface area contributed by atoms with E-state index in [1.165, 1.54) is 25.7 Å². The molecule has 2 fully saturated rings. The summed E-state index contributed by atoms with van der Waals surface area (Å²) < 4.78 is 5.40. The number of carbonyl (C=O) groups excluding carboxylic acids is 1. The molecule has 4 heteroatoms. The minimum absolute atomic E-state index is 0.136. The molecule has 1 aliphatic carbocycles. The van der Waals surface area contributed by atoms with Crippen molar-refractivity contribution in [1.29, 1.82) is 0 Å². The Morgan fingerprint density at radius 2 is 1.90 bits per heavy atom. The van der Waals surface area contributed by atoms with Crippen molar-refractivity contribution in [3.63, 3.8) is 0 Å². The van der Waals surface area contributed by atoms with Crippen LogP contribution in [0.2, 0.25) is 0 Å². The Bertz CT molecular complexity index is 313. The van der Waals surface area contributed by atoms with Gasteiger partial charge in [-0.3, -0.25) is 4.79 Å². The Labute approximate surface area is 129 Å². The number of piperidine rings is 1. The van der Waals surface area contributed by atoms with Crippen LogP contribution < -0.4 is 10.6 Å². The van der Waals surface area contributed by atoms with Crippen LogP contribution in [0.25, 0.3) is 0 Å². The molecular formula is C17H32N2O2. The van der Waals surface area contributed by atoms with E-state index < -0.39 is 0 Å². The number of carbonyl (C=O) groups is 1. The largest absolute Gasteiger partial charge is 0.384 e. The third-order valence-electron chi connectivity index (χ3n) is 5.38. The third-order valence-corrected chi connectivity index (χ3v) is 5.38. The van der Waals surface area contributed by atoms with Crippen molar-refractivity contribution >= 4 is 5.91 Å². The average molecular weight is 296 g/mol. The highest BCUT2D eigenvalue weighted by Crippen LogP contribution is 2.31. The van der Waals surface area contributed by atoms with Crippen LogP contribution in [0.15, 0.2) is 0 Å². The molecule has 0 aromatic carbocycles. The van der Waals surface area contributed by atoms with E-state index in [1.807, 2.05) is 0 Å². The third kappa shape index (κ3) is 5.26. The van der Waals surface area contributed by atoms with Gasteiger partial charge in [-0.1, -0.05) is 19.8 Å². The fourth-order valence-corrected chi connectivity index (χ4v) is 3.79. The number of methoxy groups -OCH3 is 1. The van der Waals surface area contributed by atoms with Gasteiger partial charge in [-0.25, -0.2) is 0 Å². The Balaban J connectivity index is 1.73. The van der Waals surface area contributed by atoms with E-state index in [9.17, 15) is 4.79 Å². The molecule has 0 aromatic heterocycles. The molecule has 1 amide bonds. The summed E-state index contributed by atoms with van der Waals surface area (Å²) in [5, 5.41) is 6.58. The molecule has 0 spiro atoms. The molecule has 4 nitrogen and oxygen atoms in total. The maximum Gasteiger partial charge on any atom is 0.220 e. The van der Waals surface area contributed by atoms with Gasteiger partial charge in [0.15, 0.2) is 0 Å². The van der Waals surface area contributed by atoms with E-state index in [2.05, 4.69) is 17.6 Å². The Kier molecular flexibility index (Phi) is 6.49. The zero-order chi connectivity index (χ0) is 15.1. The molecule has 0 aromatic rings. The quantitative estimate of drug-likeness (QED) is 0.791. The monoisotopic (exact) mass is 296 g/mol. The van der Waals surface area contributed by atoms with Crippen LogP contribution in [0, 0.1) is 17.3 Å². The van der Waals surface area contributed by atoms with Gasteiger partial charge in [0, 0.05) is 25.5 Å². The standard InChI is InChI=1S/C17H32N2O2/c1-14-3-5-15(6-4-14)11-16(20)19-12-17(13-21-2)7-9-18-10-8-17/h14-15,18H,3-13H2,1-2H3,(H,19,20). The second-order valence-corrected chi connectivity index (χ2v) is 7.29. The fourth-order valence-electron chi connectivity index (χ4n) is 3.79. The number of nitrogens with one attached hydrogen (secondary N) is 2. The molecule has 0 atom stereocenters. The van der Waals surface area contributed by atoms with Gasteiger partial charge in [0.2, 0.25) is 5.91 Å². The molecule has 21 heavy (non-hydrogen) atoms. The van der Waals surface area contributed by atoms with Gasteiger partial charge in [-0.15, -0.1) is 0 Å². The zero-order valence-corrected chi connectivity index (χ0v) is 13.7. The van der Waals surface area contributed by atoms with Gasteiger partial charge in [-0.05, 0) is 50.6 Å². The molecular weight excluding hydrogens is 264 g/mol. The summed E-state index contributed by atoms with van der Waals surface area (Å²) in [5.74, 6) is 1.69. The summed E-state index contributed by atoms with van der Waals surface area (Å²) in [6, 6.07) is 0. The number of amides is 1. The predicted molar refractivity (Wildman–Crippen MR) is 85.2 cm³/mol. The lowest BCUT2D eigenvalue weighted by Crippen LogP contribution is -2.47. The predicted octanol–water partition coefficient (Wildman–Crippen LogP) is 2.34. The molecule has 1 saturated heterocycles. The first kappa shape index (κ1) is 16.8. The molecule has 2 N–H and O–H groups in total. The summed E-state index contributed by atoms with van der Waals surface area (Å²) in [6.07, 6.45) is 7.91. The smallest absolute Gasteiger partial charge is 0.220 e. The molecule has 2 rings (SSSR count). The molecule has 2 aliphatic rings. The first-order chi connectivity index (χ1) is 10.1. The van der Waals surface area contributed by atoms with E-state index in [0.717, 1.165) is 45.0 Å². The van der Waals surface area contributed by atoms with Crippen LogP contribution in [-0.4, -0.2) is 39.3 Å². The van der Waals surface area contributed by atoms with Crippen molar-refractivity contribution in [3.8, 4) is 0 Å². The summed E-state index contributed by atoms with van der Waals surface area (Å²) in [7, 11) is 1.76. The van der Waals surface area contributed by atoms with E-state index in [-0.39, 0.29) is 11.3 Å². The highest BCUT2D eigenvalue weighted by molar-refractivity contribution is 5.76. The Morgan fingerprint density at radius 3 is 2.52 bits per heavy atom. The summed E-state index contributed by atoms with van der Waals surface area (Å²) in [6.45, 7) is 5.89. The van der Waals surface area contributed by atoms with Gasteiger partial charge < -0.3 is 15.4 Å². The summed E-state index contributed by atoms with van der Waals surface area (Å²) >= 11 is 0. The molecule has 0 unspecified atom stereocenters. The number of rotatable bonds is 6. The lowest BCUT2D eigenvalue weighted by molar-refractivity contribution is -0.123. The second kappa shape index (κ2) is 8.14. The van der Waals surface area contributed by atoms with E-state index in [1.54, 1.807) is 7.11 Å². The van der Waals surface area contributed by atoms with Gasteiger partial charge >= 0.3 is 0 Å². The zero-order valence-electron chi connectivity index (χ0n) is 13.7. The van der Waals surface area contributed by atoms with Crippen LogP contribution in [0.3, 0.4) is 0 Å². The Morgan fingerprint density at radius 1 is 1.24 bits per heavy atom. The lowest BCUT2D eigenvalue weighted by atomic mass is 9.79. The van der Waals surface area contributed by atoms with Crippen molar-refractivity contribution in [2.24, 2.45) is 17.3 Å². The molecule has 0 bridgehead atoms. The maximum atomic E-state index is 12.2. The van der Waals surface area contributed by atoms with Gasteiger partial charge in [0.1, 0.15) is 0 Å². The first-order valence-electron chi connectivity index (χ1n) is 8.60.